The molecule has 0 radical (unpaired) electrons. The predicted octanol–water partition coefficient (Wildman–Crippen LogP) is 2.92. The van der Waals surface area contributed by atoms with Crippen LogP contribution < -0.4 is 11.3 Å². The highest BCUT2D eigenvalue weighted by atomic mass is 35.5. The number of nitrogens with two attached hydrogens (primary N) is 1. The molecule has 0 saturated heterocycles. The zero-order valence-electron chi connectivity index (χ0n) is 16.8. The van der Waals surface area contributed by atoms with Crippen molar-refractivity contribution in [3.8, 4) is 0 Å². The van der Waals surface area contributed by atoms with E-state index < -0.39 is 0 Å². The molecule has 6 nitrogen and oxygen atoms in total. The number of carbonyl (C=O) groups is 1. The second kappa shape index (κ2) is 10.5. The molecule has 0 atom stereocenters. The van der Waals surface area contributed by atoms with E-state index in [1.807, 2.05) is 32.0 Å². The summed E-state index contributed by atoms with van der Waals surface area (Å²) in [6, 6.07) is 10.1. The van der Waals surface area contributed by atoms with Gasteiger partial charge in [-0.3, -0.25) is 14.2 Å². The van der Waals surface area contributed by atoms with Crippen molar-refractivity contribution < 1.29 is 4.79 Å². The summed E-state index contributed by atoms with van der Waals surface area (Å²) in [6.07, 6.45) is 2.59. The van der Waals surface area contributed by atoms with Crippen LogP contribution in [0.25, 0.3) is 10.2 Å². The van der Waals surface area contributed by atoms with Gasteiger partial charge in [-0.25, -0.2) is 4.98 Å². The topological polar surface area (TPSA) is 81.2 Å². The second-order valence-electron chi connectivity index (χ2n) is 6.86. The van der Waals surface area contributed by atoms with Gasteiger partial charge in [0.15, 0.2) is 0 Å². The van der Waals surface area contributed by atoms with Gasteiger partial charge in [-0.2, -0.15) is 0 Å². The van der Waals surface area contributed by atoms with Gasteiger partial charge in [0.25, 0.3) is 5.56 Å². The SMILES string of the molecule is Cc1sc2ncn(CCC(=O)N(CCN)CCc3ccccc3)c(=O)c2c1C.Cl. The van der Waals surface area contributed by atoms with E-state index in [0.717, 1.165) is 21.7 Å². The molecule has 0 aliphatic rings. The highest BCUT2D eigenvalue weighted by Crippen LogP contribution is 2.25. The average Bonchev–Trinajstić information content (AvgIpc) is 2.99. The third-order valence-corrected chi connectivity index (χ3v) is 6.10. The number of halogens is 1. The molecular weight excluding hydrogens is 408 g/mol. The van der Waals surface area contributed by atoms with Crippen LogP contribution in [0.15, 0.2) is 41.5 Å². The fraction of sp³-hybridized carbons (Fsp3) is 0.381. The number of hydrogen-bond donors (Lipinski definition) is 1. The van der Waals surface area contributed by atoms with Crippen molar-refractivity contribution in [3.05, 3.63) is 63.0 Å². The second-order valence-corrected chi connectivity index (χ2v) is 8.06. The van der Waals surface area contributed by atoms with Gasteiger partial charge in [-0.15, -0.1) is 23.7 Å². The van der Waals surface area contributed by atoms with Crippen LogP contribution in [-0.4, -0.2) is 40.0 Å². The molecule has 3 aromatic rings. The van der Waals surface area contributed by atoms with Crippen LogP contribution in [0.3, 0.4) is 0 Å². The first-order valence-corrected chi connectivity index (χ1v) is 10.3. The van der Waals surface area contributed by atoms with E-state index in [0.29, 0.717) is 31.6 Å². The largest absolute Gasteiger partial charge is 0.341 e. The Labute approximate surface area is 180 Å². The van der Waals surface area contributed by atoms with Crippen molar-refractivity contribution in [3.63, 3.8) is 0 Å². The van der Waals surface area contributed by atoms with Crippen LogP contribution in [0.1, 0.15) is 22.4 Å². The molecule has 0 unspecified atom stereocenters. The molecule has 0 aliphatic carbocycles. The quantitative estimate of drug-likeness (QED) is 0.591. The zero-order chi connectivity index (χ0) is 20.1. The Morgan fingerprint density at radius 3 is 2.62 bits per heavy atom. The molecule has 1 aromatic carbocycles. The van der Waals surface area contributed by atoms with Gasteiger partial charge in [0.1, 0.15) is 4.83 Å². The number of amides is 1. The number of aryl methyl sites for hydroxylation is 3. The lowest BCUT2D eigenvalue weighted by Crippen LogP contribution is -2.37. The highest BCUT2D eigenvalue weighted by Gasteiger charge is 2.15. The summed E-state index contributed by atoms with van der Waals surface area (Å²) in [7, 11) is 0. The first-order chi connectivity index (χ1) is 13.5. The summed E-state index contributed by atoms with van der Waals surface area (Å²) in [4.78, 5) is 33.5. The van der Waals surface area contributed by atoms with Gasteiger partial charge in [0.2, 0.25) is 5.91 Å². The van der Waals surface area contributed by atoms with Gasteiger partial charge < -0.3 is 10.6 Å². The van der Waals surface area contributed by atoms with Gasteiger partial charge in [-0.05, 0) is 31.4 Å². The Bertz CT molecular complexity index is 1020. The first kappa shape index (κ1) is 23.1. The minimum absolute atomic E-state index is 0. The number of carbonyl (C=O) groups excluding carboxylic acids is 1. The van der Waals surface area contributed by atoms with E-state index in [1.165, 1.54) is 21.5 Å². The van der Waals surface area contributed by atoms with E-state index >= 15 is 0 Å². The third kappa shape index (κ3) is 5.44. The van der Waals surface area contributed by atoms with Crippen LogP contribution in [0.5, 0.6) is 0 Å². The molecule has 1 amide bonds. The van der Waals surface area contributed by atoms with Crippen LogP contribution in [0, 0.1) is 13.8 Å². The monoisotopic (exact) mass is 434 g/mol. The summed E-state index contributed by atoms with van der Waals surface area (Å²) in [5.41, 5.74) is 7.78. The molecule has 2 heterocycles. The van der Waals surface area contributed by atoms with E-state index in [4.69, 9.17) is 5.73 Å². The Hall–Kier alpha value is -2.22. The van der Waals surface area contributed by atoms with Gasteiger partial charge in [-0.1, -0.05) is 30.3 Å². The number of nitrogens with zero attached hydrogens (tertiary/aromatic N) is 3. The van der Waals surface area contributed by atoms with Crippen molar-refractivity contribution >= 4 is 39.9 Å². The summed E-state index contributed by atoms with van der Waals surface area (Å²) in [6.45, 7) is 5.81. The molecule has 0 aliphatic heterocycles. The van der Waals surface area contributed by atoms with Crippen molar-refractivity contribution in [1.29, 1.82) is 0 Å². The number of thiophene rings is 1. The normalized spacial score (nSPS) is 10.7. The van der Waals surface area contributed by atoms with Gasteiger partial charge in [0.05, 0.1) is 11.7 Å². The lowest BCUT2D eigenvalue weighted by molar-refractivity contribution is -0.131. The van der Waals surface area contributed by atoms with Crippen LogP contribution in [-0.2, 0) is 17.8 Å². The minimum Gasteiger partial charge on any atom is -0.341 e. The third-order valence-electron chi connectivity index (χ3n) is 4.99. The minimum atomic E-state index is -0.0747. The fourth-order valence-electron chi connectivity index (χ4n) is 3.23. The molecular formula is C21H27ClN4O2S. The van der Waals surface area contributed by atoms with Crippen molar-refractivity contribution in [2.45, 2.75) is 33.2 Å². The van der Waals surface area contributed by atoms with Crippen molar-refractivity contribution in [2.24, 2.45) is 5.73 Å². The zero-order valence-corrected chi connectivity index (χ0v) is 18.4. The number of rotatable bonds is 8. The first-order valence-electron chi connectivity index (χ1n) is 9.48. The van der Waals surface area contributed by atoms with E-state index in [1.54, 1.807) is 11.2 Å². The van der Waals surface area contributed by atoms with Crippen molar-refractivity contribution in [2.75, 3.05) is 19.6 Å². The molecule has 0 spiro atoms. The maximum Gasteiger partial charge on any atom is 0.262 e. The van der Waals surface area contributed by atoms with Crippen LogP contribution in [0.2, 0.25) is 0 Å². The van der Waals surface area contributed by atoms with Gasteiger partial charge in [0, 0.05) is 37.5 Å². The van der Waals surface area contributed by atoms with Crippen LogP contribution >= 0.6 is 23.7 Å². The van der Waals surface area contributed by atoms with Crippen molar-refractivity contribution in [1.82, 2.24) is 14.5 Å². The Kier molecular flexibility index (Phi) is 8.37. The Morgan fingerprint density at radius 2 is 1.93 bits per heavy atom. The van der Waals surface area contributed by atoms with E-state index in [-0.39, 0.29) is 30.3 Å². The smallest absolute Gasteiger partial charge is 0.262 e. The van der Waals surface area contributed by atoms with Crippen LogP contribution in [0.4, 0.5) is 0 Å². The standard InChI is InChI=1S/C21H26N4O2S.ClH/c1-15-16(2)28-20-19(15)21(27)25(14-23-20)12-9-18(26)24(13-10-22)11-8-17-6-4-3-5-7-17;/h3-7,14H,8-13,22H2,1-2H3;1H. The summed E-state index contributed by atoms with van der Waals surface area (Å²) >= 11 is 1.53. The fourth-order valence-corrected chi connectivity index (χ4v) is 4.22. The molecule has 156 valence electrons. The molecule has 29 heavy (non-hydrogen) atoms. The van der Waals surface area contributed by atoms with E-state index in [9.17, 15) is 9.59 Å². The summed E-state index contributed by atoms with van der Waals surface area (Å²) < 4.78 is 1.54. The molecule has 8 heteroatoms. The lowest BCUT2D eigenvalue weighted by Gasteiger charge is -2.22. The predicted molar refractivity (Wildman–Crippen MR) is 121 cm³/mol. The number of hydrogen-bond acceptors (Lipinski definition) is 5. The summed E-state index contributed by atoms with van der Waals surface area (Å²) in [5.74, 6) is 0.00611. The maximum atomic E-state index is 12.8. The van der Waals surface area contributed by atoms with Gasteiger partial charge >= 0.3 is 0 Å². The maximum absolute atomic E-state index is 12.8. The Balaban J connectivity index is 0.00000300. The molecule has 2 aromatic heterocycles. The molecule has 0 fully saturated rings. The number of benzene rings is 1. The number of aromatic nitrogens is 2. The average molecular weight is 435 g/mol. The molecule has 0 bridgehead atoms. The lowest BCUT2D eigenvalue weighted by atomic mass is 10.1. The number of fused-ring (bicyclic) bond motifs is 1. The highest BCUT2D eigenvalue weighted by molar-refractivity contribution is 7.18. The van der Waals surface area contributed by atoms with E-state index in [2.05, 4.69) is 17.1 Å². The molecule has 3 rings (SSSR count). The molecule has 2 N–H and O–H groups in total. The summed E-state index contributed by atoms with van der Waals surface area (Å²) in [5, 5.41) is 0.667. The Morgan fingerprint density at radius 1 is 1.21 bits per heavy atom. The molecule has 0 saturated carbocycles.